The molecular formula is C16H22O2. The van der Waals surface area contributed by atoms with E-state index in [-0.39, 0.29) is 11.4 Å². The zero-order valence-corrected chi connectivity index (χ0v) is 11.6. The Bertz CT molecular complexity index is 450. The molecule has 98 valence electrons. The fraction of sp³-hybridized carbons (Fsp3) is 0.562. The average molecular weight is 246 g/mol. The van der Waals surface area contributed by atoms with Crippen molar-refractivity contribution in [3.8, 4) is 0 Å². The fourth-order valence-electron chi connectivity index (χ4n) is 2.71. The molecule has 2 heteroatoms. The molecule has 1 aromatic carbocycles. The van der Waals surface area contributed by atoms with E-state index in [4.69, 9.17) is 4.74 Å². The topological polar surface area (TPSA) is 26.3 Å². The molecule has 0 amide bonds. The number of hydrogen-bond donors (Lipinski definition) is 0. The first-order valence-corrected chi connectivity index (χ1v) is 6.76. The molecule has 1 aromatic rings. The second-order valence-corrected chi connectivity index (χ2v) is 5.85. The van der Waals surface area contributed by atoms with Gasteiger partial charge in [0.05, 0.1) is 6.61 Å². The van der Waals surface area contributed by atoms with Crippen molar-refractivity contribution in [2.45, 2.75) is 46.5 Å². The van der Waals surface area contributed by atoms with Gasteiger partial charge in [0.2, 0.25) is 0 Å². The van der Waals surface area contributed by atoms with Crippen LogP contribution in [0.2, 0.25) is 0 Å². The lowest BCUT2D eigenvalue weighted by atomic mass is 9.88. The van der Waals surface area contributed by atoms with Crippen LogP contribution in [0.4, 0.5) is 0 Å². The van der Waals surface area contributed by atoms with Crippen LogP contribution < -0.4 is 0 Å². The summed E-state index contributed by atoms with van der Waals surface area (Å²) in [4.78, 5) is 11.4. The summed E-state index contributed by atoms with van der Waals surface area (Å²) >= 11 is 0. The number of carbonyl (C=O) groups is 1. The van der Waals surface area contributed by atoms with Gasteiger partial charge in [-0.3, -0.25) is 4.79 Å². The van der Waals surface area contributed by atoms with E-state index >= 15 is 0 Å². The molecule has 0 saturated carbocycles. The maximum Gasteiger partial charge on any atom is 0.305 e. The summed E-state index contributed by atoms with van der Waals surface area (Å²) in [6.07, 6.45) is 3.42. The minimum Gasteiger partial charge on any atom is -0.465 e. The number of benzene rings is 1. The largest absolute Gasteiger partial charge is 0.465 e. The van der Waals surface area contributed by atoms with Gasteiger partial charge in [-0.25, -0.2) is 0 Å². The van der Waals surface area contributed by atoms with Gasteiger partial charge in [-0.15, -0.1) is 0 Å². The van der Waals surface area contributed by atoms with Gasteiger partial charge in [-0.1, -0.05) is 37.6 Å². The van der Waals surface area contributed by atoms with Crippen LogP contribution in [0.5, 0.6) is 0 Å². The van der Waals surface area contributed by atoms with E-state index in [1.54, 1.807) is 0 Å². The third-order valence-corrected chi connectivity index (χ3v) is 3.63. The van der Waals surface area contributed by atoms with Crippen molar-refractivity contribution in [3.05, 3.63) is 34.9 Å². The van der Waals surface area contributed by atoms with Gasteiger partial charge < -0.3 is 4.74 Å². The maximum absolute atomic E-state index is 11.4. The Morgan fingerprint density at radius 1 is 1.33 bits per heavy atom. The molecule has 1 atom stereocenters. The van der Waals surface area contributed by atoms with Crippen molar-refractivity contribution in [1.82, 2.24) is 0 Å². The smallest absolute Gasteiger partial charge is 0.305 e. The predicted molar refractivity (Wildman–Crippen MR) is 72.6 cm³/mol. The zero-order valence-electron chi connectivity index (χ0n) is 11.6. The highest BCUT2D eigenvalue weighted by molar-refractivity contribution is 5.69. The molecule has 0 saturated heterocycles. The second kappa shape index (κ2) is 5.13. The molecular weight excluding hydrogens is 224 g/mol. The number of ether oxygens (including phenoxy) is 1. The third-order valence-electron chi connectivity index (χ3n) is 3.63. The van der Waals surface area contributed by atoms with E-state index < -0.39 is 0 Å². The van der Waals surface area contributed by atoms with Crippen LogP contribution >= 0.6 is 0 Å². The van der Waals surface area contributed by atoms with Gasteiger partial charge in [0, 0.05) is 11.8 Å². The Balaban J connectivity index is 1.97. The van der Waals surface area contributed by atoms with Gasteiger partial charge in [-0.05, 0) is 37.3 Å². The van der Waals surface area contributed by atoms with Gasteiger partial charge in [0.25, 0.3) is 0 Å². The average Bonchev–Trinajstić information content (AvgIpc) is 2.63. The van der Waals surface area contributed by atoms with Crippen molar-refractivity contribution >= 4 is 5.97 Å². The number of aryl methyl sites for hydroxylation is 1. The van der Waals surface area contributed by atoms with E-state index in [0.29, 0.717) is 13.0 Å². The first kappa shape index (κ1) is 13.1. The number of carbonyl (C=O) groups excluding carboxylic acids is 1. The first-order chi connectivity index (χ1) is 8.52. The van der Waals surface area contributed by atoms with E-state index in [0.717, 1.165) is 19.3 Å². The van der Waals surface area contributed by atoms with Gasteiger partial charge in [0.15, 0.2) is 0 Å². The van der Waals surface area contributed by atoms with Crippen LogP contribution in [-0.4, -0.2) is 12.6 Å². The summed E-state index contributed by atoms with van der Waals surface area (Å²) < 4.78 is 5.39. The molecule has 0 aliphatic heterocycles. The van der Waals surface area contributed by atoms with Gasteiger partial charge >= 0.3 is 5.97 Å². The predicted octanol–water partition coefficient (Wildman–Crippen LogP) is 3.44. The lowest BCUT2D eigenvalue weighted by molar-refractivity contribution is -0.146. The van der Waals surface area contributed by atoms with Crippen molar-refractivity contribution in [3.63, 3.8) is 0 Å². The Hall–Kier alpha value is -1.31. The van der Waals surface area contributed by atoms with E-state index in [1.807, 2.05) is 6.92 Å². The normalized spacial score (nSPS) is 21.7. The number of fused-ring (bicyclic) bond motifs is 1. The minimum absolute atomic E-state index is 0.0640. The Kier molecular flexibility index (Phi) is 3.74. The monoisotopic (exact) mass is 246 g/mol. The van der Waals surface area contributed by atoms with Crippen molar-refractivity contribution < 1.29 is 9.53 Å². The number of rotatable bonds is 4. The minimum atomic E-state index is -0.0640. The molecule has 0 N–H and O–H groups in total. The lowest BCUT2D eigenvalue weighted by Crippen LogP contribution is -2.25. The molecule has 0 bridgehead atoms. The molecule has 2 rings (SSSR count). The van der Waals surface area contributed by atoms with E-state index in [1.165, 1.54) is 16.7 Å². The highest BCUT2D eigenvalue weighted by Crippen LogP contribution is 2.37. The summed E-state index contributed by atoms with van der Waals surface area (Å²) in [6.45, 7) is 6.87. The van der Waals surface area contributed by atoms with Crippen LogP contribution in [0.3, 0.4) is 0 Å². The molecule has 1 unspecified atom stereocenters. The Morgan fingerprint density at radius 3 is 2.78 bits per heavy atom. The van der Waals surface area contributed by atoms with Crippen LogP contribution in [0, 0.1) is 12.3 Å². The van der Waals surface area contributed by atoms with Crippen LogP contribution in [0.1, 0.15) is 43.4 Å². The standard InChI is InChI=1S/C16H22O2/c1-4-5-15(17)18-11-16(3)9-13-7-6-12(2)8-14(13)10-16/h6-8H,4-5,9-11H2,1-3H3. The Morgan fingerprint density at radius 2 is 2.06 bits per heavy atom. The molecule has 1 aliphatic carbocycles. The quantitative estimate of drug-likeness (QED) is 0.761. The summed E-state index contributed by atoms with van der Waals surface area (Å²) in [5.74, 6) is -0.0640. The van der Waals surface area contributed by atoms with Gasteiger partial charge in [0.1, 0.15) is 0 Å². The molecule has 0 spiro atoms. The van der Waals surface area contributed by atoms with Crippen LogP contribution in [-0.2, 0) is 22.4 Å². The molecule has 1 aliphatic rings. The first-order valence-electron chi connectivity index (χ1n) is 6.76. The van der Waals surface area contributed by atoms with Crippen LogP contribution in [0.15, 0.2) is 18.2 Å². The molecule has 0 heterocycles. The fourth-order valence-corrected chi connectivity index (χ4v) is 2.71. The van der Waals surface area contributed by atoms with E-state index in [2.05, 4.69) is 32.0 Å². The number of esters is 1. The van der Waals surface area contributed by atoms with Crippen molar-refractivity contribution in [1.29, 1.82) is 0 Å². The Labute approximate surface area is 109 Å². The number of hydrogen-bond acceptors (Lipinski definition) is 2. The molecule has 0 radical (unpaired) electrons. The van der Waals surface area contributed by atoms with Crippen molar-refractivity contribution in [2.75, 3.05) is 6.61 Å². The highest BCUT2D eigenvalue weighted by atomic mass is 16.5. The van der Waals surface area contributed by atoms with Gasteiger partial charge in [-0.2, -0.15) is 0 Å². The van der Waals surface area contributed by atoms with Crippen molar-refractivity contribution in [2.24, 2.45) is 5.41 Å². The molecule has 0 aromatic heterocycles. The highest BCUT2D eigenvalue weighted by Gasteiger charge is 2.34. The molecule has 0 fully saturated rings. The summed E-state index contributed by atoms with van der Waals surface area (Å²) in [6, 6.07) is 6.63. The van der Waals surface area contributed by atoms with Crippen LogP contribution in [0.25, 0.3) is 0 Å². The second-order valence-electron chi connectivity index (χ2n) is 5.85. The SMILES string of the molecule is CCCC(=O)OCC1(C)Cc2ccc(C)cc2C1. The summed E-state index contributed by atoms with van der Waals surface area (Å²) in [5.41, 5.74) is 4.22. The third kappa shape index (κ3) is 2.92. The van der Waals surface area contributed by atoms with E-state index in [9.17, 15) is 4.79 Å². The zero-order chi connectivity index (χ0) is 13.2. The molecule has 18 heavy (non-hydrogen) atoms. The summed E-state index contributed by atoms with van der Waals surface area (Å²) in [7, 11) is 0. The lowest BCUT2D eigenvalue weighted by Gasteiger charge is -2.22. The summed E-state index contributed by atoms with van der Waals surface area (Å²) in [5, 5.41) is 0. The maximum atomic E-state index is 11.4. The molecule has 2 nitrogen and oxygen atoms in total.